The first-order chi connectivity index (χ1) is 14.0. The van der Waals surface area contributed by atoms with E-state index in [0.29, 0.717) is 18.5 Å². The van der Waals surface area contributed by atoms with Gasteiger partial charge in [-0.2, -0.15) is 0 Å². The van der Waals surface area contributed by atoms with Gasteiger partial charge in [0, 0.05) is 4.88 Å². The fourth-order valence-electron chi connectivity index (χ4n) is 4.72. The van der Waals surface area contributed by atoms with Crippen molar-refractivity contribution in [3.63, 3.8) is 0 Å². The van der Waals surface area contributed by atoms with Gasteiger partial charge in [0.15, 0.2) is 0 Å². The van der Waals surface area contributed by atoms with Crippen molar-refractivity contribution < 1.29 is 19.1 Å². The SMILES string of the molecule is CCC[C@]1(C(=O)OCC)N[C@H](c2cccs2)[C@H]2C(=O)N(c3ccccc3)C(=O)[C@@H]21. The first-order valence-electron chi connectivity index (χ1n) is 9.96. The molecule has 1 aromatic carbocycles. The van der Waals surface area contributed by atoms with Crippen LogP contribution in [0.4, 0.5) is 5.69 Å². The summed E-state index contributed by atoms with van der Waals surface area (Å²) in [7, 11) is 0. The van der Waals surface area contributed by atoms with Gasteiger partial charge in [-0.15, -0.1) is 11.3 Å². The summed E-state index contributed by atoms with van der Waals surface area (Å²) < 4.78 is 5.40. The van der Waals surface area contributed by atoms with Gasteiger partial charge in [-0.25, -0.2) is 4.90 Å². The number of carbonyl (C=O) groups is 3. The summed E-state index contributed by atoms with van der Waals surface area (Å²) in [6.45, 7) is 3.93. The summed E-state index contributed by atoms with van der Waals surface area (Å²) in [5.41, 5.74) is -0.670. The van der Waals surface area contributed by atoms with E-state index in [0.717, 1.165) is 4.88 Å². The van der Waals surface area contributed by atoms with E-state index >= 15 is 0 Å². The zero-order chi connectivity index (χ0) is 20.6. The summed E-state index contributed by atoms with van der Waals surface area (Å²) in [6, 6.07) is 12.4. The van der Waals surface area contributed by atoms with Crippen LogP contribution in [0.25, 0.3) is 0 Å². The van der Waals surface area contributed by atoms with Gasteiger partial charge >= 0.3 is 5.97 Å². The molecule has 0 aliphatic carbocycles. The van der Waals surface area contributed by atoms with E-state index < -0.39 is 29.4 Å². The Hall–Kier alpha value is -2.51. The van der Waals surface area contributed by atoms with Crippen molar-refractivity contribution in [2.24, 2.45) is 11.8 Å². The molecule has 0 radical (unpaired) electrons. The van der Waals surface area contributed by atoms with Gasteiger partial charge in [0.25, 0.3) is 0 Å². The van der Waals surface area contributed by atoms with Crippen LogP contribution in [0.15, 0.2) is 47.8 Å². The Kier molecular flexibility index (Phi) is 5.27. The van der Waals surface area contributed by atoms with Gasteiger partial charge in [0.2, 0.25) is 11.8 Å². The Labute approximate surface area is 173 Å². The zero-order valence-electron chi connectivity index (χ0n) is 16.5. The highest BCUT2D eigenvalue weighted by atomic mass is 32.1. The molecule has 3 heterocycles. The normalized spacial score (nSPS) is 28.6. The maximum absolute atomic E-state index is 13.6. The number of nitrogens with zero attached hydrogens (tertiary/aromatic N) is 1. The minimum Gasteiger partial charge on any atom is -0.465 e. The van der Waals surface area contributed by atoms with E-state index in [4.69, 9.17) is 4.74 Å². The van der Waals surface area contributed by atoms with Crippen LogP contribution in [-0.2, 0) is 19.1 Å². The van der Waals surface area contributed by atoms with Gasteiger partial charge in [-0.3, -0.25) is 19.7 Å². The Balaban J connectivity index is 1.84. The molecule has 7 heteroatoms. The quantitative estimate of drug-likeness (QED) is 0.582. The highest BCUT2D eigenvalue weighted by Gasteiger charge is 2.68. The summed E-state index contributed by atoms with van der Waals surface area (Å²) in [4.78, 5) is 42.4. The molecule has 2 fully saturated rings. The first kappa shape index (κ1) is 19.8. The summed E-state index contributed by atoms with van der Waals surface area (Å²) >= 11 is 1.52. The van der Waals surface area contributed by atoms with Crippen LogP contribution in [0.2, 0.25) is 0 Å². The molecule has 2 aliphatic heterocycles. The summed E-state index contributed by atoms with van der Waals surface area (Å²) in [5.74, 6) is -2.48. The van der Waals surface area contributed by atoms with Gasteiger partial charge in [-0.1, -0.05) is 37.6 Å². The van der Waals surface area contributed by atoms with E-state index in [1.807, 2.05) is 30.5 Å². The number of hydrogen-bond donors (Lipinski definition) is 1. The van der Waals surface area contributed by atoms with Crippen molar-refractivity contribution in [3.8, 4) is 0 Å². The van der Waals surface area contributed by atoms with Crippen molar-refractivity contribution >= 4 is 34.8 Å². The van der Waals surface area contributed by atoms with Crippen molar-refractivity contribution in [2.75, 3.05) is 11.5 Å². The number of benzene rings is 1. The molecular weight excluding hydrogens is 388 g/mol. The lowest BCUT2D eigenvalue weighted by atomic mass is 9.77. The first-order valence-corrected chi connectivity index (χ1v) is 10.8. The molecule has 1 N–H and O–H groups in total. The van der Waals surface area contributed by atoms with E-state index in [1.54, 1.807) is 31.2 Å². The maximum atomic E-state index is 13.6. The molecule has 1 aromatic heterocycles. The molecule has 4 rings (SSSR count). The minimum atomic E-state index is -1.21. The molecule has 2 amide bonds. The van der Waals surface area contributed by atoms with E-state index in [9.17, 15) is 14.4 Å². The van der Waals surface area contributed by atoms with Gasteiger partial charge in [0.1, 0.15) is 5.54 Å². The predicted octanol–water partition coefficient (Wildman–Crippen LogP) is 3.30. The van der Waals surface area contributed by atoms with Crippen molar-refractivity contribution in [2.45, 2.75) is 38.3 Å². The van der Waals surface area contributed by atoms with Crippen molar-refractivity contribution in [3.05, 3.63) is 52.7 Å². The molecule has 2 saturated heterocycles. The third-order valence-electron chi connectivity index (χ3n) is 5.80. The molecule has 152 valence electrons. The number of hydrogen-bond acceptors (Lipinski definition) is 6. The van der Waals surface area contributed by atoms with E-state index in [1.165, 1.54) is 16.2 Å². The number of rotatable bonds is 6. The Bertz CT molecular complexity index is 914. The Morgan fingerprint density at radius 2 is 1.90 bits per heavy atom. The molecule has 6 nitrogen and oxygen atoms in total. The number of ether oxygens (including phenoxy) is 1. The molecule has 0 unspecified atom stereocenters. The van der Waals surface area contributed by atoms with Crippen LogP contribution in [0.5, 0.6) is 0 Å². The smallest absolute Gasteiger partial charge is 0.327 e. The molecular formula is C22H24N2O4S. The van der Waals surface area contributed by atoms with E-state index in [-0.39, 0.29) is 18.4 Å². The fraction of sp³-hybridized carbons (Fsp3) is 0.409. The fourth-order valence-corrected chi connectivity index (χ4v) is 5.54. The monoisotopic (exact) mass is 412 g/mol. The molecule has 0 bridgehead atoms. The topological polar surface area (TPSA) is 75.7 Å². The molecule has 2 aliphatic rings. The second-order valence-electron chi connectivity index (χ2n) is 7.43. The largest absolute Gasteiger partial charge is 0.465 e. The number of fused-ring (bicyclic) bond motifs is 1. The maximum Gasteiger partial charge on any atom is 0.327 e. The predicted molar refractivity (Wildman–Crippen MR) is 110 cm³/mol. The van der Waals surface area contributed by atoms with Crippen molar-refractivity contribution in [1.29, 1.82) is 0 Å². The second-order valence-corrected chi connectivity index (χ2v) is 8.41. The number of anilines is 1. The van der Waals surface area contributed by atoms with Crippen LogP contribution in [0.3, 0.4) is 0 Å². The second kappa shape index (κ2) is 7.72. The zero-order valence-corrected chi connectivity index (χ0v) is 17.3. The number of imide groups is 1. The highest BCUT2D eigenvalue weighted by Crippen LogP contribution is 2.52. The molecule has 2 aromatic rings. The lowest BCUT2D eigenvalue weighted by Crippen LogP contribution is -2.56. The molecule has 29 heavy (non-hydrogen) atoms. The number of amides is 2. The van der Waals surface area contributed by atoms with Crippen LogP contribution < -0.4 is 10.2 Å². The lowest BCUT2D eigenvalue weighted by molar-refractivity contribution is -0.155. The number of carbonyl (C=O) groups excluding carboxylic acids is 3. The van der Waals surface area contributed by atoms with Crippen LogP contribution in [0, 0.1) is 11.8 Å². The lowest BCUT2D eigenvalue weighted by Gasteiger charge is -2.32. The third kappa shape index (κ3) is 3.00. The number of nitrogens with one attached hydrogen (secondary N) is 1. The minimum absolute atomic E-state index is 0.220. The summed E-state index contributed by atoms with van der Waals surface area (Å²) in [6.07, 6.45) is 1.11. The molecule has 0 spiro atoms. The molecule has 0 saturated carbocycles. The van der Waals surface area contributed by atoms with E-state index in [2.05, 4.69) is 5.32 Å². The average molecular weight is 413 g/mol. The standard InChI is InChI=1S/C22H24N2O4S/c1-3-12-22(21(27)28-4-2)17-16(18(23-22)15-11-8-13-29-15)19(25)24(20(17)26)14-9-6-5-7-10-14/h5-11,13,16-18,23H,3-4,12H2,1-2H3/t16-,17+,18+,22-/m0/s1. The Morgan fingerprint density at radius 3 is 2.52 bits per heavy atom. The Morgan fingerprint density at radius 1 is 1.14 bits per heavy atom. The molecule has 4 atom stereocenters. The van der Waals surface area contributed by atoms with Crippen LogP contribution in [0.1, 0.15) is 37.6 Å². The average Bonchev–Trinajstić information content (AvgIpc) is 3.41. The highest BCUT2D eigenvalue weighted by molar-refractivity contribution is 7.10. The van der Waals surface area contributed by atoms with Crippen LogP contribution in [-0.4, -0.2) is 29.9 Å². The third-order valence-corrected chi connectivity index (χ3v) is 6.76. The van der Waals surface area contributed by atoms with Crippen molar-refractivity contribution in [1.82, 2.24) is 5.32 Å². The van der Waals surface area contributed by atoms with Gasteiger partial charge in [-0.05, 0) is 36.9 Å². The van der Waals surface area contributed by atoms with Gasteiger partial charge in [0.05, 0.1) is 30.2 Å². The summed E-state index contributed by atoms with van der Waals surface area (Å²) in [5, 5.41) is 5.33. The van der Waals surface area contributed by atoms with Gasteiger partial charge < -0.3 is 4.74 Å². The number of esters is 1. The number of thiophene rings is 1. The van der Waals surface area contributed by atoms with Crippen LogP contribution >= 0.6 is 11.3 Å². The number of para-hydroxylation sites is 1.